The van der Waals surface area contributed by atoms with Crippen molar-refractivity contribution in [2.24, 2.45) is 5.92 Å². The molecule has 0 saturated heterocycles. The summed E-state index contributed by atoms with van der Waals surface area (Å²) in [6.45, 7) is 7.76. The highest BCUT2D eigenvalue weighted by Crippen LogP contribution is 2.14. The minimum absolute atomic E-state index is 0.0409. The molecule has 0 aliphatic heterocycles. The van der Waals surface area contributed by atoms with Gasteiger partial charge in [0.1, 0.15) is 0 Å². The zero-order valence-corrected chi connectivity index (χ0v) is 16.8. The molecule has 148 valence electrons. The van der Waals surface area contributed by atoms with Crippen LogP contribution in [0.15, 0.2) is 42.5 Å². The minimum atomic E-state index is -0.325. The van der Waals surface area contributed by atoms with Gasteiger partial charge < -0.3 is 16.0 Å². The molecular formula is C22H27N3O3. The molecule has 2 aromatic rings. The first-order valence-corrected chi connectivity index (χ1v) is 9.30. The van der Waals surface area contributed by atoms with Crippen molar-refractivity contribution in [1.29, 1.82) is 0 Å². The number of rotatable bonds is 7. The highest BCUT2D eigenvalue weighted by Gasteiger charge is 2.10. The Balaban J connectivity index is 1.83. The molecule has 2 aromatic carbocycles. The van der Waals surface area contributed by atoms with E-state index in [0.29, 0.717) is 23.4 Å². The Kier molecular flexibility index (Phi) is 7.32. The molecule has 0 atom stereocenters. The Morgan fingerprint density at radius 3 is 1.93 bits per heavy atom. The second-order valence-corrected chi connectivity index (χ2v) is 7.25. The minimum Gasteiger partial charge on any atom is -0.343 e. The second-order valence-electron chi connectivity index (χ2n) is 7.25. The van der Waals surface area contributed by atoms with Crippen molar-refractivity contribution in [3.05, 3.63) is 59.2 Å². The van der Waals surface area contributed by atoms with Gasteiger partial charge in [-0.15, -0.1) is 0 Å². The molecule has 2 rings (SSSR count). The number of carbonyl (C=O) groups is 3. The molecule has 6 heteroatoms. The van der Waals surface area contributed by atoms with E-state index in [1.54, 1.807) is 36.4 Å². The van der Waals surface area contributed by atoms with Gasteiger partial charge in [0.25, 0.3) is 5.91 Å². The lowest BCUT2D eigenvalue weighted by Gasteiger charge is -2.10. The third-order valence-corrected chi connectivity index (χ3v) is 4.22. The third kappa shape index (κ3) is 6.54. The van der Waals surface area contributed by atoms with E-state index in [-0.39, 0.29) is 30.2 Å². The summed E-state index contributed by atoms with van der Waals surface area (Å²) in [6, 6.07) is 12.3. The second kappa shape index (κ2) is 9.69. The van der Waals surface area contributed by atoms with Crippen LogP contribution in [-0.2, 0) is 9.59 Å². The van der Waals surface area contributed by atoms with Gasteiger partial charge >= 0.3 is 0 Å². The number of anilines is 2. The van der Waals surface area contributed by atoms with Crippen molar-refractivity contribution in [1.82, 2.24) is 5.32 Å². The highest BCUT2D eigenvalue weighted by molar-refractivity contribution is 5.99. The van der Waals surface area contributed by atoms with Gasteiger partial charge in [-0.25, -0.2) is 0 Å². The molecule has 0 bridgehead atoms. The molecule has 0 spiro atoms. The van der Waals surface area contributed by atoms with Crippen LogP contribution in [0.25, 0.3) is 0 Å². The van der Waals surface area contributed by atoms with Crippen molar-refractivity contribution in [2.75, 3.05) is 17.2 Å². The monoisotopic (exact) mass is 381 g/mol. The van der Waals surface area contributed by atoms with Crippen molar-refractivity contribution in [3.63, 3.8) is 0 Å². The normalized spacial score (nSPS) is 10.5. The Labute approximate surface area is 165 Å². The summed E-state index contributed by atoms with van der Waals surface area (Å²) in [6.07, 6.45) is 0.457. The Bertz CT molecular complexity index is 858. The molecule has 6 nitrogen and oxygen atoms in total. The van der Waals surface area contributed by atoms with Crippen LogP contribution in [0.1, 0.15) is 41.8 Å². The van der Waals surface area contributed by atoms with E-state index >= 15 is 0 Å². The average Bonchev–Trinajstić information content (AvgIpc) is 2.63. The predicted molar refractivity (Wildman–Crippen MR) is 111 cm³/mol. The van der Waals surface area contributed by atoms with Crippen LogP contribution >= 0.6 is 0 Å². The smallest absolute Gasteiger partial charge is 0.251 e. The summed E-state index contributed by atoms with van der Waals surface area (Å²) < 4.78 is 0. The quantitative estimate of drug-likeness (QED) is 0.684. The third-order valence-electron chi connectivity index (χ3n) is 4.22. The molecule has 0 aliphatic rings. The van der Waals surface area contributed by atoms with E-state index in [9.17, 15) is 14.4 Å². The van der Waals surface area contributed by atoms with Gasteiger partial charge in [-0.1, -0.05) is 19.9 Å². The lowest BCUT2D eigenvalue weighted by atomic mass is 10.1. The fraction of sp³-hybridized carbons (Fsp3) is 0.318. The lowest BCUT2D eigenvalue weighted by Crippen LogP contribution is -2.32. The van der Waals surface area contributed by atoms with E-state index in [0.717, 1.165) is 11.1 Å². The van der Waals surface area contributed by atoms with Crippen LogP contribution in [0, 0.1) is 19.8 Å². The largest absolute Gasteiger partial charge is 0.343 e. The van der Waals surface area contributed by atoms with E-state index in [1.165, 1.54) is 0 Å². The molecule has 0 aromatic heterocycles. The molecule has 0 fully saturated rings. The Hall–Kier alpha value is -3.15. The number of nitrogens with one attached hydrogen (secondary N) is 3. The van der Waals surface area contributed by atoms with Gasteiger partial charge in [-0.2, -0.15) is 0 Å². The van der Waals surface area contributed by atoms with Crippen molar-refractivity contribution < 1.29 is 14.4 Å². The number of aryl methyl sites for hydroxylation is 2. The summed E-state index contributed by atoms with van der Waals surface area (Å²) >= 11 is 0. The lowest BCUT2D eigenvalue weighted by molar-refractivity contribution is -0.117. The maximum absolute atomic E-state index is 12.2. The summed E-state index contributed by atoms with van der Waals surface area (Å²) in [5.74, 6) is -0.367. The zero-order valence-electron chi connectivity index (χ0n) is 16.8. The van der Waals surface area contributed by atoms with Gasteiger partial charge in [0.15, 0.2) is 0 Å². The number of benzene rings is 2. The van der Waals surface area contributed by atoms with Crippen molar-refractivity contribution >= 4 is 29.1 Å². The van der Waals surface area contributed by atoms with Gasteiger partial charge in [0.05, 0.1) is 6.54 Å². The van der Waals surface area contributed by atoms with E-state index in [2.05, 4.69) is 16.0 Å². The summed E-state index contributed by atoms with van der Waals surface area (Å²) in [5.41, 5.74) is 3.92. The standard InChI is InChI=1S/C22H27N3O3/c1-14(2)11-20(26)24-18-7-9-19(10-8-18)25-21(27)13-23-22(28)17-6-5-15(3)16(4)12-17/h5-10,12,14H,11,13H2,1-4H3,(H,23,28)(H,24,26)(H,25,27). The van der Waals surface area contributed by atoms with Crippen LogP contribution < -0.4 is 16.0 Å². The number of carbonyl (C=O) groups excluding carboxylic acids is 3. The Morgan fingerprint density at radius 1 is 0.821 bits per heavy atom. The van der Waals surface area contributed by atoms with Crippen molar-refractivity contribution in [2.45, 2.75) is 34.1 Å². The summed E-state index contributed by atoms with van der Waals surface area (Å²) in [5, 5.41) is 8.14. The number of hydrogen-bond donors (Lipinski definition) is 3. The van der Waals surface area contributed by atoms with E-state index in [1.807, 2.05) is 33.8 Å². The SMILES string of the molecule is Cc1ccc(C(=O)NCC(=O)Nc2ccc(NC(=O)CC(C)C)cc2)cc1C. The fourth-order valence-corrected chi connectivity index (χ4v) is 2.57. The van der Waals surface area contributed by atoms with E-state index in [4.69, 9.17) is 0 Å². The molecule has 0 heterocycles. The predicted octanol–water partition coefficient (Wildman–Crippen LogP) is 3.66. The summed E-state index contributed by atoms with van der Waals surface area (Å²) in [4.78, 5) is 36.0. The molecule has 28 heavy (non-hydrogen) atoms. The maximum atomic E-state index is 12.2. The van der Waals surface area contributed by atoms with Crippen molar-refractivity contribution in [3.8, 4) is 0 Å². The zero-order chi connectivity index (χ0) is 20.7. The topological polar surface area (TPSA) is 87.3 Å². The maximum Gasteiger partial charge on any atom is 0.251 e. The molecule has 0 saturated carbocycles. The average molecular weight is 381 g/mol. The van der Waals surface area contributed by atoms with Crippen LogP contribution in [0.4, 0.5) is 11.4 Å². The first-order chi connectivity index (χ1) is 13.2. The summed E-state index contributed by atoms with van der Waals surface area (Å²) in [7, 11) is 0. The van der Waals surface area contributed by atoms with Gasteiger partial charge in [-0.05, 0) is 67.3 Å². The van der Waals surface area contributed by atoms with E-state index < -0.39 is 0 Å². The molecule has 0 aliphatic carbocycles. The highest BCUT2D eigenvalue weighted by atomic mass is 16.2. The van der Waals surface area contributed by atoms with Gasteiger partial charge in [0, 0.05) is 23.4 Å². The van der Waals surface area contributed by atoms with Crippen LogP contribution in [0.5, 0.6) is 0 Å². The van der Waals surface area contributed by atoms with Gasteiger partial charge in [-0.3, -0.25) is 14.4 Å². The van der Waals surface area contributed by atoms with Gasteiger partial charge in [0.2, 0.25) is 11.8 Å². The molecule has 0 unspecified atom stereocenters. The molecule has 3 N–H and O–H groups in total. The number of amides is 3. The molecule has 0 radical (unpaired) electrons. The molecular weight excluding hydrogens is 354 g/mol. The fourth-order valence-electron chi connectivity index (χ4n) is 2.57. The van der Waals surface area contributed by atoms with Crippen LogP contribution in [-0.4, -0.2) is 24.3 Å². The van der Waals surface area contributed by atoms with Crippen LogP contribution in [0.2, 0.25) is 0 Å². The Morgan fingerprint density at radius 2 is 1.39 bits per heavy atom. The van der Waals surface area contributed by atoms with Crippen LogP contribution in [0.3, 0.4) is 0 Å². The first-order valence-electron chi connectivity index (χ1n) is 9.30. The first kappa shape index (κ1) is 21.2. The molecule has 3 amide bonds. The number of hydrogen-bond acceptors (Lipinski definition) is 3.